The summed E-state index contributed by atoms with van der Waals surface area (Å²) in [7, 11) is 0. The molecule has 0 fully saturated rings. The van der Waals surface area contributed by atoms with E-state index in [9.17, 15) is 0 Å². The molecule has 0 aliphatic carbocycles. The van der Waals surface area contributed by atoms with Crippen molar-refractivity contribution in [3.63, 3.8) is 0 Å². The highest BCUT2D eigenvalue weighted by Gasteiger charge is 2.15. The number of aromatic nitrogens is 7. The van der Waals surface area contributed by atoms with E-state index < -0.39 is 0 Å². The predicted molar refractivity (Wildman–Crippen MR) is 113 cm³/mol. The van der Waals surface area contributed by atoms with Crippen LogP contribution < -0.4 is 0 Å². The van der Waals surface area contributed by atoms with E-state index >= 15 is 0 Å². The van der Waals surface area contributed by atoms with Crippen molar-refractivity contribution in [2.24, 2.45) is 0 Å². The minimum atomic E-state index is 0.724. The van der Waals surface area contributed by atoms with E-state index in [2.05, 4.69) is 52.6 Å². The predicted octanol–water partition coefficient (Wildman–Crippen LogP) is 4.69. The van der Waals surface area contributed by atoms with Crippen LogP contribution in [0, 0.1) is 0 Å². The SMILES string of the molecule is c1csc(-c2nccc3[nH]c(-c4n[nH]c5cnc(-c6cnccn6)cc45)cc23)c1. The lowest BCUT2D eigenvalue weighted by molar-refractivity contribution is 1.11. The summed E-state index contributed by atoms with van der Waals surface area (Å²) in [6, 6.07) is 10.2. The normalized spacial score (nSPS) is 11.4. The molecule has 0 amide bonds. The molecule has 6 aromatic rings. The van der Waals surface area contributed by atoms with Crippen LogP contribution in [0.2, 0.25) is 0 Å². The van der Waals surface area contributed by atoms with Gasteiger partial charge in [0, 0.05) is 34.9 Å². The minimum Gasteiger partial charge on any atom is -0.353 e. The van der Waals surface area contributed by atoms with E-state index in [1.54, 1.807) is 36.1 Å². The van der Waals surface area contributed by atoms with Crippen LogP contribution in [0.1, 0.15) is 0 Å². The van der Waals surface area contributed by atoms with Crippen LogP contribution in [0.25, 0.3) is 55.2 Å². The van der Waals surface area contributed by atoms with Crippen molar-refractivity contribution in [1.82, 2.24) is 35.1 Å². The summed E-state index contributed by atoms with van der Waals surface area (Å²) in [4.78, 5) is 22.2. The minimum absolute atomic E-state index is 0.724. The molecule has 0 radical (unpaired) electrons. The van der Waals surface area contributed by atoms with E-state index in [4.69, 9.17) is 0 Å². The van der Waals surface area contributed by atoms with Gasteiger partial charge < -0.3 is 4.98 Å². The van der Waals surface area contributed by atoms with Crippen molar-refractivity contribution in [3.05, 3.63) is 66.7 Å². The summed E-state index contributed by atoms with van der Waals surface area (Å²) in [5, 5.41) is 11.7. The first kappa shape index (κ1) is 16.1. The Bertz CT molecular complexity index is 1450. The van der Waals surface area contributed by atoms with Gasteiger partial charge >= 0.3 is 0 Å². The molecule has 0 bridgehead atoms. The molecule has 0 unspecified atom stereocenters. The van der Waals surface area contributed by atoms with E-state index in [0.29, 0.717) is 0 Å². The fourth-order valence-corrected chi connectivity index (χ4v) is 4.22. The van der Waals surface area contributed by atoms with Gasteiger partial charge in [0.2, 0.25) is 0 Å². The average Bonchev–Trinajstić information content (AvgIpc) is 3.52. The first-order valence-corrected chi connectivity index (χ1v) is 9.87. The third-order valence-electron chi connectivity index (χ3n) is 4.83. The Morgan fingerprint density at radius 1 is 0.793 bits per heavy atom. The second-order valence-electron chi connectivity index (χ2n) is 6.56. The molecule has 8 heteroatoms. The van der Waals surface area contributed by atoms with Gasteiger partial charge in [-0.05, 0) is 29.6 Å². The van der Waals surface area contributed by atoms with E-state index in [-0.39, 0.29) is 0 Å². The van der Waals surface area contributed by atoms with Gasteiger partial charge in [-0.2, -0.15) is 5.10 Å². The molecular weight excluding hydrogens is 382 g/mol. The molecule has 0 spiro atoms. The molecule has 0 aliphatic heterocycles. The average molecular weight is 395 g/mol. The van der Waals surface area contributed by atoms with Crippen LogP contribution in [0.4, 0.5) is 0 Å². The highest BCUT2D eigenvalue weighted by molar-refractivity contribution is 7.13. The maximum atomic E-state index is 4.60. The largest absolute Gasteiger partial charge is 0.353 e. The molecule has 0 saturated carbocycles. The van der Waals surface area contributed by atoms with Crippen molar-refractivity contribution >= 4 is 33.1 Å². The van der Waals surface area contributed by atoms with Gasteiger partial charge in [0.25, 0.3) is 0 Å². The second-order valence-corrected chi connectivity index (χ2v) is 7.51. The molecule has 6 rings (SSSR count). The summed E-state index contributed by atoms with van der Waals surface area (Å²) >= 11 is 1.68. The molecule has 0 saturated heterocycles. The third kappa shape index (κ3) is 2.61. The lowest BCUT2D eigenvalue weighted by Crippen LogP contribution is -1.88. The first-order valence-electron chi connectivity index (χ1n) is 8.99. The summed E-state index contributed by atoms with van der Waals surface area (Å²) in [6.07, 6.45) is 8.62. The van der Waals surface area contributed by atoms with Crippen LogP contribution in [-0.2, 0) is 0 Å². The van der Waals surface area contributed by atoms with Crippen LogP contribution in [0.3, 0.4) is 0 Å². The zero-order valence-corrected chi connectivity index (χ0v) is 15.8. The van der Waals surface area contributed by atoms with Gasteiger partial charge in [-0.3, -0.25) is 25.0 Å². The second kappa shape index (κ2) is 6.32. The van der Waals surface area contributed by atoms with Crippen LogP contribution in [0.15, 0.2) is 66.7 Å². The van der Waals surface area contributed by atoms with E-state index in [1.807, 2.05) is 24.4 Å². The molecule has 29 heavy (non-hydrogen) atoms. The monoisotopic (exact) mass is 395 g/mol. The Morgan fingerprint density at radius 3 is 2.62 bits per heavy atom. The molecule has 138 valence electrons. The Balaban J connectivity index is 1.53. The standard InChI is InChI=1S/C21H13N7S/c1-2-19(29-7-1)21-12-9-16(26-14(12)3-4-24-21)20-13-8-15(18-10-22-5-6-23-18)25-11-17(13)27-28-20/h1-11,26H,(H,27,28). The van der Waals surface area contributed by atoms with Gasteiger partial charge in [-0.25, -0.2) is 0 Å². The number of hydrogen-bond acceptors (Lipinski definition) is 6. The Hall–Kier alpha value is -3.91. The summed E-state index contributed by atoms with van der Waals surface area (Å²) in [5.74, 6) is 0. The molecule has 2 N–H and O–H groups in total. The highest BCUT2D eigenvalue weighted by atomic mass is 32.1. The fourth-order valence-electron chi connectivity index (χ4n) is 3.48. The van der Waals surface area contributed by atoms with Gasteiger partial charge in [0.1, 0.15) is 11.4 Å². The molecular formula is C21H13N7S. The van der Waals surface area contributed by atoms with Gasteiger partial charge in [0.05, 0.1) is 39.9 Å². The third-order valence-corrected chi connectivity index (χ3v) is 5.71. The summed E-state index contributed by atoms with van der Waals surface area (Å²) < 4.78 is 0. The van der Waals surface area contributed by atoms with Crippen molar-refractivity contribution in [3.8, 4) is 33.3 Å². The number of rotatable bonds is 3. The van der Waals surface area contributed by atoms with Crippen LogP contribution in [-0.4, -0.2) is 35.1 Å². The smallest absolute Gasteiger partial charge is 0.116 e. The molecule has 0 aliphatic rings. The lowest BCUT2D eigenvalue weighted by atomic mass is 10.1. The molecule has 0 aromatic carbocycles. The number of hydrogen-bond donors (Lipinski definition) is 2. The van der Waals surface area contributed by atoms with Crippen LogP contribution in [0.5, 0.6) is 0 Å². The number of H-pyrrole nitrogens is 2. The Labute approximate surface area is 168 Å². The van der Waals surface area contributed by atoms with Crippen molar-refractivity contribution in [2.75, 3.05) is 0 Å². The molecule has 6 aromatic heterocycles. The van der Waals surface area contributed by atoms with Crippen LogP contribution >= 0.6 is 11.3 Å². The zero-order valence-electron chi connectivity index (χ0n) is 15.0. The van der Waals surface area contributed by atoms with Gasteiger partial charge in [-0.15, -0.1) is 11.3 Å². The zero-order chi connectivity index (χ0) is 19.2. The van der Waals surface area contributed by atoms with Gasteiger partial charge in [-0.1, -0.05) is 6.07 Å². The number of aromatic amines is 2. The Kier molecular flexibility index (Phi) is 3.50. The fraction of sp³-hybridized carbons (Fsp3) is 0. The maximum absolute atomic E-state index is 4.60. The van der Waals surface area contributed by atoms with E-state index in [1.165, 1.54) is 0 Å². The summed E-state index contributed by atoms with van der Waals surface area (Å²) in [5.41, 5.74) is 6.10. The quantitative estimate of drug-likeness (QED) is 0.453. The molecule has 7 nitrogen and oxygen atoms in total. The Morgan fingerprint density at radius 2 is 1.76 bits per heavy atom. The van der Waals surface area contributed by atoms with Crippen molar-refractivity contribution in [2.45, 2.75) is 0 Å². The topological polar surface area (TPSA) is 96.0 Å². The summed E-state index contributed by atoms with van der Waals surface area (Å²) in [6.45, 7) is 0. The molecule has 6 heterocycles. The molecule has 0 atom stereocenters. The van der Waals surface area contributed by atoms with Gasteiger partial charge in [0.15, 0.2) is 0 Å². The number of pyridine rings is 2. The van der Waals surface area contributed by atoms with Crippen molar-refractivity contribution in [1.29, 1.82) is 0 Å². The highest BCUT2D eigenvalue weighted by Crippen LogP contribution is 2.34. The maximum Gasteiger partial charge on any atom is 0.116 e. The van der Waals surface area contributed by atoms with E-state index in [0.717, 1.165) is 55.2 Å². The number of nitrogens with one attached hydrogen (secondary N) is 2. The lowest BCUT2D eigenvalue weighted by Gasteiger charge is -1.99. The van der Waals surface area contributed by atoms with Crippen molar-refractivity contribution < 1.29 is 0 Å². The number of thiophene rings is 1. The first-order chi connectivity index (χ1) is 14.4. The number of nitrogens with zero attached hydrogens (tertiary/aromatic N) is 5. The number of fused-ring (bicyclic) bond motifs is 2.